The van der Waals surface area contributed by atoms with Gasteiger partial charge in [-0.05, 0) is 23.9 Å². The summed E-state index contributed by atoms with van der Waals surface area (Å²) in [7, 11) is 0. The maximum Gasteiger partial charge on any atom is 0.252 e. The molecule has 0 saturated carbocycles. The third kappa shape index (κ3) is 2.62. The van der Waals surface area contributed by atoms with Gasteiger partial charge in [0.05, 0.1) is 0 Å². The van der Waals surface area contributed by atoms with Crippen molar-refractivity contribution in [3.63, 3.8) is 0 Å². The molecule has 18 heavy (non-hydrogen) atoms. The molecule has 1 aliphatic rings. The molecule has 1 saturated heterocycles. The van der Waals surface area contributed by atoms with Gasteiger partial charge >= 0.3 is 0 Å². The molecule has 1 fully saturated rings. The zero-order valence-corrected chi connectivity index (χ0v) is 10.5. The molecular formula is C13H12N2O2S. The molecule has 1 aromatic carbocycles. The second kappa shape index (κ2) is 5.55. The van der Waals surface area contributed by atoms with E-state index in [2.05, 4.69) is 0 Å². The number of amides is 2. The van der Waals surface area contributed by atoms with Gasteiger partial charge in [0.25, 0.3) is 5.91 Å². The topological polar surface area (TPSA) is 40.6 Å². The lowest BCUT2D eigenvalue weighted by Gasteiger charge is -2.14. The molecule has 0 atom stereocenters. The van der Waals surface area contributed by atoms with Crippen molar-refractivity contribution < 1.29 is 9.59 Å². The fourth-order valence-corrected chi connectivity index (χ4v) is 1.99. The molecule has 0 spiro atoms. The SMILES string of the molecule is O=CN1CCN(C(=O)/C=C/c2ccccc2)C1=S. The van der Waals surface area contributed by atoms with Gasteiger partial charge in [0.2, 0.25) is 6.41 Å². The lowest BCUT2D eigenvalue weighted by Crippen LogP contribution is -2.34. The molecule has 92 valence electrons. The summed E-state index contributed by atoms with van der Waals surface area (Å²) >= 11 is 5.03. The van der Waals surface area contributed by atoms with Crippen LogP contribution in [0.5, 0.6) is 0 Å². The Bertz CT molecular complexity index is 499. The van der Waals surface area contributed by atoms with Crippen LogP contribution in [0, 0.1) is 0 Å². The Kier molecular flexibility index (Phi) is 3.84. The summed E-state index contributed by atoms with van der Waals surface area (Å²) in [5, 5.41) is 0.271. The van der Waals surface area contributed by atoms with Crippen molar-refractivity contribution in [1.82, 2.24) is 9.80 Å². The predicted molar refractivity (Wildman–Crippen MR) is 72.6 cm³/mol. The van der Waals surface area contributed by atoms with Crippen LogP contribution < -0.4 is 0 Å². The quantitative estimate of drug-likeness (QED) is 0.467. The molecule has 0 aliphatic carbocycles. The zero-order chi connectivity index (χ0) is 13.0. The summed E-state index contributed by atoms with van der Waals surface area (Å²) < 4.78 is 0. The monoisotopic (exact) mass is 260 g/mol. The largest absolute Gasteiger partial charge is 0.290 e. The summed E-state index contributed by atoms with van der Waals surface area (Å²) in [5.74, 6) is -0.201. The maximum atomic E-state index is 11.9. The van der Waals surface area contributed by atoms with Crippen LogP contribution in [0.15, 0.2) is 36.4 Å². The number of nitrogens with zero attached hydrogens (tertiary/aromatic N) is 2. The minimum atomic E-state index is -0.201. The van der Waals surface area contributed by atoms with Crippen molar-refractivity contribution >= 4 is 35.7 Å². The van der Waals surface area contributed by atoms with Gasteiger partial charge in [0.15, 0.2) is 5.11 Å². The van der Waals surface area contributed by atoms with Gasteiger partial charge in [-0.25, -0.2) is 0 Å². The zero-order valence-electron chi connectivity index (χ0n) is 9.65. The Hall–Kier alpha value is -2.01. The standard InChI is InChI=1S/C13H12N2O2S/c16-10-14-8-9-15(13(14)18)12(17)7-6-11-4-2-1-3-5-11/h1-7,10H,8-9H2/b7-6+. The summed E-state index contributed by atoms with van der Waals surface area (Å²) in [6.45, 7) is 0.919. The van der Waals surface area contributed by atoms with Crippen molar-refractivity contribution in [2.75, 3.05) is 13.1 Å². The molecule has 0 radical (unpaired) electrons. The van der Waals surface area contributed by atoms with Gasteiger partial charge in [0.1, 0.15) is 0 Å². The summed E-state index contributed by atoms with van der Waals surface area (Å²) in [5.41, 5.74) is 0.947. The smallest absolute Gasteiger partial charge is 0.252 e. The molecule has 1 heterocycles. The number of hydrogen-bond donors (Lipinski definition) is 0. The lowest BCUT2D eigenvalue weighted by molar-refractivity contribution is -0.121. The Balaban J connectivity index is 2.03. The van der Waals surface area contributed by atoms with Crippen LogP contribution in [0.1, 0.15) is 5.56 Å². The molecule has 2 rings (SSSR count). The normalized spacial score (nSPS) is 15.4. The third-order valence-corrected chi connectivity index (χ3v) is 3.11. The van der Waals surface area contributed by atoms with Gasteiger partial charge in [-0.1, -0.05) is 30.3 Å². The minimum Gasteiger partial charge on any atom is -0.290 e. The second-order valence-corrected chi connectivity index (χ2v) is 4.18. The van der Waals surface area contributed by atoms with Crippen molar-refractivity contribution in [3.8, 4) is 0 Å². The van der Waals surface area contributed by atoms with E-state index >= 15 is 0 Å². The van der Waals surface area contributed by atoms with Crippen molar-refractivity contribution in [2.45, 2.75) is 0 Å². The fraction of sp³-hybridized carbons (Fsp3) is 0.154. The molecular weight excluding hydrogens is 248 g/mol. The van der Waals surface area contributed by atoms with Crippen molar-refractivity contribution in [1.29, 1.82) is 0 Å². The lowest BCUT2D eigenvalue weighted by atomic mass is 10.2. The van der Waals surface area contributed by atoms with E-state index in [0.29, 0.717) is 19.5 Å². The summed E-state index contributed by atoms with van der Waals surface area (Å²) in [6, 6.07) is 9.53. The molecule has 0 unspecified atom stereocenters. The fourth-order valence-electron chi connectivity index (χ4n) is 1.68. The Labute approximate surface area is 110 Å². The average Bonchev–Trinajstić information content (AvgIpc) is 2.78. The molecule has 1 aliphatic heterocycles. The predicted octanol–water partition coefficient (Wildman–Crippen LogP) is 1.29. The first kappa shape index (κ1) is 12.4. The second-order valence-electron chi connectivity index (χ2n) is 3.82. The van der Waals surface area contributed by atoms with E-state index < -0.39 is 0 Å². The molecule has 2 amide bonds. The first-order valence-electron chi connectivity index (χ1n) is 5.53. The van der Waals surface area contributed by atoms with E-state index in [-0.39, 0.29) is 11.0 Å². The molecule has 0 aromatic heterocycles. The summed E-state index contributed by atoms with van der Waals surface area (Å²) in [4.78, 5) is 25.3. The maximum absolute atomic E-state index is 11.9. The van der Waals surface area contributed by atoms with E-state index in [1.54, 1.807) is 6.08 Å². The number of rotatable bonds is 3. The molecule has 0 N–H and O–H groups in total. The number of carbonyl (C=O) groups excluding carboxylic acids is 2. The van der Waals surface area contributed by atoms with Gasteiger partial charge in [-0.3, -0.25) is 19.4 Å². The number of benzene rings is 1. The van der Waals surface area contributed by atoms with Gasteiger partial charge in [0, 0.05) is 19.2 Å². The van der Waals surface area contributed by atoms with Crippen LogP contribution in [0.4, 0.5) is 0 Å². The van der Waals surface area contributed by atoms with Crippen LogP contribution in [-0.2, 0) is 9.59 Å². The molecule has 5 heteroatoms. The van der Waals surface area contributed by atoms with Crippen molar-refractivity contribution in [2.24, 2.45) is 0 Å². The highest BCUT2D eigenvalue weighted by molar-refractivity contribution is 7.80. The van der Waals surface area contributed by atoms with Crippen molar-refractivity contribution in [3.05, 3.63) is 42.0 Å². The van der Waals surface area contributed by atoms with Gasteiger partial charge in [-0.2, -0.15) is 0 Å². The van der Waals surface area contributed by atoms with Gasteiger partial charge < -0.3 is 0 Å². The highest BCUT2D eigenvalue weighted by Gasteiger charge is 2.27. The third-order valence-electron chi connectivity index (χ3n) is 2.65. The highest BCUT2D eigenvalue weighted by atomic mass is 32.1. The number of hydrogen-bond acceptors (Lipinski definition) is 3. The Morgan fingerprint density at radius 3 is 2.56 bits per heavy atom. The average molecular weight is 260 g/mol. The first-order chi connectivity index (χ1) is 8.72. The van der Waals surface area contributed by atoms with Crippen LogP contribution in [0.2, 0.25) is 0 Å². The molecule has 1 aromatic rings. The van der Waals surface area contributed by atoms with Crippen LogP contribution >= 0.6 is 12.2 Å². The molecule has 4 nitrogen and oxygen atoms in total. The van der Waals surface area contributed by atoms with E-state index in [1.807, 2.05) is 30.3 Å². The van der Waals surface area contributed by atoms with Crippen LogP contribution in [-0.4, -0.2) is 40.3 Å². The summed E-state index contributed by atoms with van der Waals surface area (Å²) in [6.07, 6.45) is 3.85. The highest BCUT2D eigenvalue weighted by Crippen LogP contribution is 2.09. The van der Waals surface area contributed by atoms with E-state index in [1.165, 1.54) is 15.9 Å². The van der Waals surface area contributed by atoms with E-state index in [9.17, 15) is 9.59 Å². The Morgan fingerprint density at radius 1 is 1.22 bits per heavy atom. The van der Waals surface area contributed by atoms with Gasteiger partial charge in [-0.15, -0.1) is 0 Å². The number of carbonyl (C=O) groups is 2. The van der Waals surface area contributed by atoms with Crippen LogP contribution in [0.25, 0.3) is 6.08 Å². The first-order valence-corrected chi connectivity index (χ1v) is 5.94. The minimum absolute atomic E-state index is 0.201. The van der Waals surface area contributed by atoms with Crippen LogP contribution in [0.3, 0.4) is 0 Å². The number of thiocarbonyl (C=S) groups is 1. The van der Waals surface area contributed by atoms with E-state index in [0.717, 1.165) is 5.56 Å². The molecule has 0 bridgehead atoms. The Morgan fingerprint density at radius 2 is 1.94 bits per heavy atom. The van der Waals surface area contributed by atoms with E-state index in [4.69, 9.17) is 12.2 Å².